The Kier molecular flexibility index (Phi) is 2.77. The third-order valence-electron chi connectivity index (χ3n) is 2.27. The molecule has 1 unspecified atom stereocenters. The summed E-state index contributed by atoms with van der Waals surface area (Å²) in [6.45, 7) is 2.88. The minimum atomic E-state index is -0.680. The van der Waals surface area contributed by atoms with Gasteiger partial charge in [-0.05, 0) is 6.92 Å². The third-order valence-corrected chi connectivity index (χ3v) is 2.27. The lowest BCUT2D eigenvalue weighted by Gasteiger charge is -2.08. The molecule has 0 amide bonds. The van der Waals surface area contributed by atoms with Gasteiger partial charge < -0.3 is 9.67 Å². The van der Waals surface area contributed by atoms with Gasteiger partial charge in [0, 0.05) is 25.4 Å². The van der Waals surface area contributed by atoms with E-state index in [0.29, 0.717) is 12.2 Å². The first-order valence-corrected chi connectivity index (χ1v) is 4.84. The monoisotopic (exact) mass is 207 g/mol. The van der Waals surface area contributed by atoms with Gasteiger partial charge in [-0.2, -0.15) is 5.10 Å². The van der Waals surface area contributed by atoms with Crippen LogP contribution in [-0.2, 0) is 13.0 Å². The molecule has 0 spiro atoms. The quantitative estimate of drug-likeness (QED) is 0.755. The standard InChI is InChI=1S/C9H13N5O/c1-2-14-4-3-10-8(14)5-7(15)9-11-6-12-13-9/h3-4,6-7,15H,2,5H2,1H3,(H,11,12,13). The van der Waals surface area contributed by atoms with Crippen molar-refractivity contribution in [2.45, 2.75) is 26.0 Å². The number of hydrogen-bond acceptors (Lipinski definition) is 4. The van der Waals surface area contributed by atoms with E-state index in [-0.39, 0.29) is 0 Å². The molecule has 6 heteroatoms. The first-order chi connectivity index (χ1) is 7.31. The number of nitrogens with one attached hydrogen (secondary N) is 1. The van der Waals surface area contributed by atoms with E-state index in [2.05, 4.69) is 20.2 Å². The molecule has 15 heavy (non-hydrogen) atoms. The SMILES string of the molecule is CCn1ccnc1CC(O)c1ncn[nH]1. The maximum Gasteiger partial charge on any atom is 0.153 e. The highest BCUT2D eigenvalue weighted by molar-refractivity contribution is 4.98. The lowest BCUT2D eigenvalue weighted by atomic mass is 10.2. The number of hydrogen-bond donors (Lipinski definition) is 2. The zero-order valence-corrected chi connectivity index (χ0v) is 8.46. The average molecular weight is 207 g/mol. The summed E-state index contributed by atoms with van der Waals surface area (Å²) in [5, 5.41) is 16.1. The Balaban J connectivity index is 2.09. The van der Waals surface area contributed by atoms with Crippen LogP contribution in [0.4, 0.5) is 0 Å². The summed E-state index contributed by atoms with van der Waals surface area (Å²) in [4.78, 5) is 8.08. The fraction of sp³-hybridized carbons (Fsp3) is 0.444. The lowest BCUT2D eigenvalue weighted by molar-refractivity contribution is 0.165. The van der Waals surface area contributed by atoms with Crippen LogP contribution in [-0.4, -0.2) is 29.8 Å². The van der Waals surface area contributed by atoms with Gasteiger partial charge >= 0.3 is 0 Å². The van der Waals surface area contributed by atoms with E-state index in [1.807, 2.05) is 17.7 Å². The van der Waals surface area contributed by atoms with Crippen LogP contribution in [0.1, 0.15) is 24.7 Å². The zero-order valence-electron chi connectivity index (χ0n) is 8.46. The Morgan fingerprint density at radius 2 is 2.40 bits per heavy atom. The van der Waals surface area contributed by atoms with Gasteiger partial charge in [0.1, 0.15) is 18.3 Å². The van der Waals surface area contributed by atoms with E-state index >= 15 is 0 Å². The largest absolute Gasteiger partial charge is 0.385 e. The van der Waals surface area contributed by atoms with E-state index in [9.17, 15) is 5.11 Å². The highest BCUT2D eigenvalue weighted by Gasteiger charge is 2.14. The fourth-order valence-electron chi connectivity index (χ4n) is 1.46. The Morgan fingerprint density at radius 1 is 1.53 bits per heavy atom. The number of aromatic amines is 1. The third kappa shape index (κ3) is 2.04. The van der Waals surface area contributed by atoms with Crippen LogP contribution in [0, 0.1) is 0 Å². The van der Waals surface area contributed by atoms with Crippen molar-refractivity contribution in [2.75, 3.05) is 0 Å². The maximum atomic E-state index is 9.81. The van der Waals surface area contributed by atoms with Gasteiger partial charge in [-0.3, -0.25) is 5.10 Å². The van der Waals surface area contributed by atoms with Crippen LogP contribution in [0.25, 0.3) is 0 Å². The van der Waals surface area contributed by atoms with E-state index in [4.69, 9.17) is 0 Å². The van der Waals surface area contributed by atoms with Crippen molar-refractivity contribution in [1.82, 2.24) is 24.7 Å². The zero-order chi connectivity index (χ0) is 10.7. The molecule has 6 nitrogen and oxygen atoms in total. The summed E-state index contributed by atoms with van der Waals surface area (Å²) in [5.41, 5.74) is 0. The molecule has 0 radical (unpaired) electrons. The maximum absolute atomic E-state index is 9.81. The van der Waals surface area contributed by atoms with Gasteiger partial charge in [-0.25, -0.2) is 9.97 Å². The summed E-state index contributed by atoms with van der Waals surface area (Å²) in [7, 11) is 0. The Bertz CT molecular complexity index is 408. The first-order valence-electron chi connectivity index (χ1n) is 4.84. The first kappa shape index (κ1) is 9.85. The predicted molar refractivity (Wildman–Crippen MR) is 52.9 cm³/mol. The van der Waals surface area contributed by atoms with E-state index < -0.39 is 6.10 Å². The lowest BCUT2D eigenvalue weighted by Crippen LogP contribution is -2.09. The summed E-state index contributed by atoms with van der Waals surface area (Å²) in [5.74, 6) is 1.32. The van der Waals surface area contributed by atoms with E-state index in [0.717, 1.165) is 12.4 Å². The number of aryl methyl sites for hydroxylation is 1. The summed E-state index contributed by atoms with van der Waals surface area (Å²) < 4.78 is 1.99. The molecule has 0 aliphatic carbocycles. The topological polar surface area (TPSA) is 79.6 Å². The van der Waals surface area contributed by atoms with Crippen LogP contribution in [0.15, 0.2) is 18.7 Å². The number of aromatic nitrogens is 5. The normalized spacial score (nSPS) is 12.9. The molecule has 0 fully saturated rings. The molecule has 0 aliphatic rings. The van der Waals surface area contributed by atoms with Gasteiger partial charge in [0.25, 0.3) is 0 Å². The number of nitrogens with zero attached hydrogens (tertiary/aromatic N) is 4. The Morgan fingerprint density at radius 3 is 3.07 bits per heavy atom. The molecule has 2 N–H and O–H groups in total. The molecule has 2 aromatic heterocycles. The second-order valence-electron chi connectivity index (χ2n) is 3.22. The number of rotatable bonds is 4. The van der Waals surface area contributed by atoms with E-state index in [1.165, 1.54) is 6.33 Å². The predicted octanol–water partition coefficient (Wildman–Crippen LogP) is 0.297. The van der Waals surface area contributed by atoms with Crippen LogP contribution in [0.5, 0.6) is 0 Å². The molecule has 80 valence electrons. The molecule has 1 atom stereocenters. The molecular formula is C9H13N5O. The van der Waals surface area contributed by atoms with Gasteiger partial charge in [0.2, 0.25) is 0 Å². The molecule has 0 saturated carbocycles. The molecule has 2 aromatic rings. The molecule has 2 rings (SSSR count). The second-order valence-corrected chi connectivity index (χ2v) is 3.22. The Labute approximate surface area is 87.0 Å². The van der Waals surface area contributed by atoms with Crippen molar-refractivity contribution in [3.8, 4) is 0 Å². The van der Waals surface area contributed by atoms with E-state index in [1.54, 1.807) is 6.20 Å². The highest BCUT2D eigenvalue weighted by Crippen LogP contribution is 2.12. The smallest absolute Gasteiger partial charge is 0.153 e. The van der Waals surface area contributed by atoms with Crippen LogP contribution < -0.4 is 0 Å². The van der Waals surface area contributed by atoms with Gasteiger partial charge in [0.05, 0.1) is 0 Å². The van der Waals surface area contributed by atoms with Crippen molar-refractivity contribution < 1.29 is 5.11 Å². The van der Waals surface area contributed by atoms with Crippen LogP contribution in [0.2, 0.25) is 0 Å². The second kappa shape index (κ2) is 4.22. The van der Waals surface area contributed by atoms with Gasteiger partial charge in [0.15, 0.2) is 5.82 Å². The average Bonchev–Trinajstić information content (AvgIpc) is 2.87. The number of H-pyrrole nitrogens is 1. The summed E-state index contributed by atoms with van der Waals surface area (Å²) in [6.07, 6.45) is 4.76. The van der Waals surface area contributed by atoms with Crippen molar-refractivity contribution in [3.63, 3.8) is 0 Å². The molecule has 0 aliphatic heterocycles. The fourth-order valence-corrected chi connectivity index (χ4v) is 1.46. The molecule has 0 saturated heterocycles. The molecule has 0 aromatic carbocycles. The minimum Gasteiger partial charge on any atom is -0.385 e. The minimum absolute atomic E-state index is 0.441. The summed E-state index contributed by atoms with van der Waals surface area (Å²) in [6, 6.07) is 0. The highest BCUT2D eigenvalue weighted by atomic mass is 16.3. The van der Waals surface area contributed by atoms with Crippen LogP contribution >= 0.6 is 0 Å². The number of imidazole rings is 1. The van der Waals surface area contributed by atoms with Crippen molar-refractivity contribution in [1.29, 1.82) is 0 Å². The Hall–Kier alpha value is -1.69. The van der Waals surface area contributed by atoms with Crippen molar-refractivity contribution in [3.05, 3.63) is 30.4 Å². The van der Waals surface area contributed by atoms with Gasteiger partial charge in [-0.15, -0.1) is 0 Å². The van der Waals surface area contributed by atoms with Crippen molar-refractivity contribution in [2.24, 2.45) is 0 Å². The molecular weight excluding hydrogens is 194 g/mol. The molecule has 0 bridgehead atoms. The number of aliphatic hydroxyl groups excluding tert-OH is 1. The molecule has 2 heterocycles. The van der Waals surface area contributed by atoms with Crippen molar-refractivity contribution >= 4 is 0 Å². The summed E-state index contributed by atoms with van der Waals surface area (Å²) >= 11 is 0. The van der Waals surface area contributed by atoms with Crippen LogP contribution in [0.3, 0.4) is 0 Å². The number of aliphatic hydroxyl groups is 1. The van der Waals surface area contributed by atoms with Gasteiger partial charge in [-0.1, -0.05) is 0 Å².